The van der Waals surface area contributed by atoms with Crippen molar-refractivity contribution in [1.29, 1.82) is 0 Å². The molecule has 7 atom stereocenters. The molecule has 2 aliphatic heterocycles. The Morgan fingerprint density at radius 2 is 1.57 bits per heavy atom. The van der Waals surface area contributed by atoms with Crippen molar-refractivity contribution in [2.45, 2.75) is 117 Å². The summed E-state index contributed by atoms with van der Waals surface area (Å²) in [6.07, 6.45) is 1.95. The Morgan fingerprint density at radius 1 is 0.882 bits per heavy atom. The van der Waals surface area contributed by atoms with Crippen LogP contribution in [0, 0.1) is 25.7 Å². The number of thiazole rings is 1. The summed E-state index contributed by atoms with van der Waals surface area (Å²) < 4.78 is 22.0. The largest absolute Gasteiger partial charge is 0.444 e. The Morgan fingerprint density at radius 3 is 2.22 bits per heavy atom. The summed E-state index contributed by atoms with van der Waals surface area (Å²) in [5.41, 5.74) is 7.10. The molecule has 4 aromatic heterocycles. The number of amides is 4. The molecule has 2 aromatic carbocycles. The number of nitrogens with one attached hydrogen (secondary N) is 2. The van der Waals surface area contributed by atoms with Gasteiger partial charge in [0.05, 0.1) is 46.2 Å². The highest BCUT2D eigenvalue weighted by atomic mass is 32.1. The summed E-state index contributed by atoms with van der Waals surface area (Å²) in [7, 11) is 0. The number of aromatic nitrogens is 5. The number of hydrogen-bond donors (Lipinski definition) is 3. The maximum Gasteiger partial charge on any atom is 0.243 e. The van der Waals surface area contributed by atoms with Crippen LogP contribution in [-0.4, -0.2) is 100 Å². The predicted octanol–water partition coefficient (Wildman–Crippen LogP) is 6.74. The molecule has 2 fully saturated rings. The number of ether oxygens (including phenoxy) is 1. The molecule has 68 heavy (non-hydrogen) atoms. The van der Waals surface area contributed by atoms with Crippen LogP contribution in [0.2, 0.25) is 0 Å². The molecule has 0 unspecified atom stereocenters. The van der Waals surface area contributed by atoms with Crippen LogP contribution in [0.4, 0.5) is 0 Å². The second-order valence-electron chi connectivity index (χ2n) is 18.3. The van der Waals surface area contributed by atoms with Gasteiger partial charge < -0.3 is 39.2 Å². The van der Waals surface area contributed by atoms with Crippen LogP contribution in [0.15, 0.2) is 81.6 Å². The first kappa shape index (κ1) is 48.3. The number of β-amino-alcohol motifs (C(OH)–C–C–N with tert-alkyl or cyclic N) is 1. The van der Waals surface area contributed by atoms with Gasteiger partial charge in [-0.15, -0.1) is 11.3 Å². The van der Waals surface area contributed by atoms with Gasteiger partial charge in [0.25, 0.3) is 0 Å². The van der Waals surface area contributed by atoms with E-state index in [-0.39, 0.29) is 80.6 Å². The number of nitrogens with zero attached hydrogens (tertiary/aromatic N) is 7. The lowest BCUT2D eigenvalue weighted by Crippen LogP contribution is -2.48. The van der Waals surface area contributed by atoms with Crippen molar-refractivity contribution in [3.63, 3.8) is 0 Å². The van der Waals surface area contributed by atoms with Gasteiger partial charge in [-0.1, -0.05) is 81.4 Å². The van der Waals surface area contributed by atoms with E-state index in [4.69, 9.17) is 18.7 Å². The van der Waals surface area contributed by atoms with Gasteiger partial charge in [-0.25, -0.2) is 15.0 Å². The topological polar surface area (TPSA) is 219 Å². The van der Waals surface area contributed by atoms with Gasteiger partial charge in [0.1, 0.15) is 41.3 Å². The van der Waals surface area contributed by atoms with E-state index in [0.29, 0.717) is 28.0 Å². The molecule has 8 rings (SSSR count). The van der Waals surface area contributed by atoms with E-state index >= 15 is 0 Å². The fourth-order valence-corrected chi connectivity index (χ4v) is 10.4. The highest BCUT2D eigenvalue weighted by molar-refractivity contribution is 7.13. The average Bonchev–Trinajstić information content (AvgIpc) is 4.19. The Labute approximate surface area is 402 Å². The van der Waals surface area contributed by atoms with Crippen molar-refractivity contribution in [1.82, 2.24) is 44.9 Å². The minimum atomic E-state index is -0.866. The maximum absolute atomic E-state index is 14.5. The van der Waals surface area contributed by atoms with Gasteiger partial charge >= 0.3 is 0 Å². The van der Waals surface area contributed by atoms with Crippen LogP contribution in [-0.2, 0) is 37.1 Å². The van der Waals surface area contributed by atoms with E-state index in [9.17, 15) is 24.3 Å². The Hall–Kier alpha value is -6.15. The summed E-state index contributed by atoms with van der Waals surface area (Å²) >= 11 is 2.68. The number of carbonyl (C=O) groups is 4. The van der Waals surface area contributed by atoms with Crippen LogP contribution >= 0.6 is 22.9 Å². The maximum atomic E-state index is 14.5. The Balaban J connectivity index is 0.924. The molecule has 0 aliphatic carbocycles. The van der Waals surface area contributed by atoms with E-state index in [0.717, 1.165) is 44.4 Å². The molecule has 6 aromatic rings. The van der Waals surface area contributed by atoms with E-state index in [1.165, 1.54) is 11.3 Å². The summed E-state index contributed by atoms with van der Waals surface area (Å²) in [5.74, 6) is -1.77. The molecule has 4 amide bonds. The second kappa shape index (κ2) is 21.0. The SMILES string of the molecule is Cc1cc([C@H](C(=O)N2C[C@H](OCc3nc([C@H](C(=O)N4C[C@H](O)C[C@H]4C(=O)NCc4ccc(-c5scnc5C)cc4)C(C)C)ns3)C[C@H]2C(=O)N[C@@H](C)c2ccc(-c3cnco3)cc2)C(C)C)on1. The number of hydrogen-bond acceptors (Lipinski definition) is 15. The average molecular weight is 964 g/mol. The van der Waals surface area contributed by atoms with Crippen molar-refractivity contribution in [3.8, 4) is 21.8 Å². The third kappa shape index (κ3) is 10.8. The minimum Gasteiger partial charge on any atom is -0.444 e. The first-order valence-electron chi connectivity index (χ1n) is 22.9. The van der Waals surface area contributed by atoms with Crippen molar-refractivity contribution < 1.29 is 38.0 Å². The number of benzene rings is 2. The van der Waals surface area contributed by atoms with E-state index < -0.39 is 36.1 Å². The number of likely N-dealkylation sites (tertiary alicyclic amines) is 2. The smallest absolute Gasteiger partial charge is 0.243 e. The zero-order valence-electron chi connectivity index (χ0n) is 39.1. The number of rotatable bonds is 17. The van der Waals surface area contributed by atoms with Crippen LogP contribution in [0.3, 0.4) is 0 Å². The second-order valence-corrected chi connectivity index (χ2v) is 20.0. The van der Waals surface area contributed by atoms with Crippen molar-refractivity contribution in [2.75, 3.05) is 13.1 Å². The summed E-state index contributed by atoms with van der Waals surface area (Å²) in [4.78, 5) is 73.9. The number of aryl methyl sites for hydroxylation is 2. The molecule has 2 aliphatic rings. The normalized spacial score (nSPS) is 19.7. The number of aliphatic hydroxyl groups is 1. The van der Waals surface area contributed by atoms with Gasteiger partial charge in [-0.2, -0.15) is 4.37 Å². The first-order valence-corrected chi connectivity index (χ1v) is 24.5. The molecule has 3 N–H and O–H groups in total. The number of carbonyl (C=O) groups excluding carboxylic acids is 4. The highest BCUT2D eigenvalue weighted by Crippen LogP contribution is 2.34. The zero-order valence-corrected chi connectivity index (χ0v) is 40.8. The molecular weight excluding hydrogens is 907 g/mol. The standard InChI is InChI=1S/C49H57N9O8S2/c1-26(2)42(39-16-28(5)55-66-39)48(62)58-22-36(18-38(58)47(61)53-29(6)32-12-14-33(15-13-32)40-20-50-24-65-40)64-23-41-54-45(56-68-41)43(27(3)4)49(63)57-21-35(59)17-37(57)46(60)51-19-31-8-10-34(11-9-31)44-30(7)52-25-67-44/h8-16,20,24-27,29,35-38,42-43,59H,17-19,21-23H2,1-7H3,(H,51,60)(H,53,61)/t29-,35+,36+,37-,38-,42+,43+/m0/s1. The van der Waals surface area contributed by atoms with Crippen molar-refractivity contribution in [2.24, 2.45) is 11.8 Å². The molecule has 358 valence electrons. The lowest BCUT2D eigenvalue weighted by molar-refractivity contribution is -0.141. The molecule has 2 saturated heterocycles. The van der Waals surface area contributed by atoms with Gasteiger partial charge in [-0.3, -0.25) is 19.2 Å². The summed E-state index contributed by atoms with van der Waals surface area (Å²) in [5, 5.41) is 21.4. The molecule has 17 nitrogen and oxygen atoms in total. The molecule has 0 bridgehead atoms. The molecule has 0 saturated carbocycles. The van der Waals surface area contributed by atoms with E-state index in [1.807, 2.05) is 95.6 Å². The van der Waals surface area contributed by atoms with Gasteiger partial charge in [0, 0.05) is 44.1 Å². The Bertz CT molecular complexity index is 2680. The number of aliphatic hydroxyl groups excluding tert-OH is 1. The molecule has 19 heteroatoms. The van der Waals surface area contributed by atoms with Gasteiger partial charge in [0.15, 0.2) is 18.0 Å². The van der Waals surface area contributed by atoms with Gasteiger partial charge in [-0.05, 0) is 60.8 Å². The van der Waals surface area contributed by atoms with Crippen LogP contribution in [0.5, 0.6) is 0 Å². The third-order valence-corrected chi connectivity index (χ3v) is 14.3. The van der Waals surface area contributed by atoms with E-state index in [2.05, 4.69) is 30.1 Å². The molecule has 0 spiro atoms. The lowest BCUT2D eigenvalue weighted by Gasteiger charge is -2.29. The first-order chi connectivity index (χ1) is 32.6. The van der Waals surface area contributed by atoms with Gasteiger partial charge in [0.2, 0.25) is 23.6 Å². The molecular formula is C49H57N9O8S2. The van der Waals surface area contributed by atoms with Crippen molar-refractivity contribution in [3.05, 3.63) is 112 Å². The van der Waals surface area contributed by atoms with Crippen molar-refractivity contribution >= 4 is 46.5 Å². The zero-order chi connectivity index (χ0) is 48.2. The van der Waals surface area contributed by atoms with Crippen LogP contribution in [0.25, 0.3) is 21.8 Å². The quantitative estimate of drug-likeness (QED) is 0.0864. The predicted molar refractivity (Wildman–Crippen MR) is 254 cm³/mol. The fourth-order valence-electron chi connectivity index (χ4n) is 9.02. The molecule has 6 heterocycles. The monoisotopic (exact) mass is 963 g/mol. The van der Waals surface area contributed by atoms with Crippen LogP contribution < -0.4 is 10.6 Å². The highest BCUT2D eigenvalue weighted by Gasteiger charge is 2.46. The summed E-state index contributed by atoms with van der Waals surface area (Å²) in [6.45, 7) is 13.7. The third-order valence-electron chi connectivity index (χ3n) is 12.7. The summed E-state index contributed by atoms with van der Waals surface area (Å²) in [6, 6.07) is 15.2. The Kier molecular flexibility index (Phi) is 14.9. The van der Waals surface area contributed by atoms with Crippen LogP contribution in [0.1, 0.15) is 104 Å². The molecule has 0 radical (unpaired) electrons. The minimum absolute atomic E-state index is 0.0112. The lowest BCUT2D eigenvalue weighted by atomic mass is 9.91. The number of oxazole rings is 1. The fraction of sp³-hybridized carbons (Fsp3) is 0.449. The van der Waals surface area contributed by atoms with E-state index in [1.54, 1.807) is 35.4 Å².